The van der Waals surface area contributed by atoms with E-state index in [4.69, 9.17) is 9.15 Å². The van der Waals surface area contributed by atoms with Gasteiger partial charge in [-0.15, -0.1) is 0 Å². The van der Waals surface area contributed by atoms with Gasteiger partial charge in [0.25, 0.3) is 0 Å². The first-order valence-corrected chi connectivity index (χ1v) is 6.58. The first kappa shape index (κ1) is 13.6. The molecule has 1 aliphatic heterocycles. The smallest absolute Gasteiger partial charge is 0.118 e. The summed E-state index contributed by atoms with van der Waals surface area (Å²) in [6, 6.07) is 2.16. The Kier molecular flexibility index (Phi) is 4.10. The SMILES string of the molecule is CNCc1cc(CN2CCOCC2(C)C)oc1C. The Balaban J connectivity index is 2.06. The standard InChI is InChI=1S/C14H24N2O2/c1-11-12(8-15-4)7-13(18-11)9-16-5-6-17-10-14(16,2)3/h7,15H,5-6,8-10H2,1-4H3. The lowest BCUT2D eigenvalue weighted by atomic mass is 10.0. The van der Waals surface area contributed by atoms with E-state index >= 15 is 0 Å². The van der Waals surface area contributed by atoms with Gasteiger partial charge in [0.15, 0.2) is 0 Å². The molecule has 0 saturated carbocycles. The molecule has 102 valence electrons. The van der Waals surface area contributed by atoms with Crippen molar-refractivity contribution in [3.8, 4) is 0 Å². The van der Waals surface area contributed by atoms with Crippen molar-refractivity contribution >= 4 is 0 Å². The minimum atomic E-state index is 0.0854. The zero-order valence-electron chi connectivity index (χ0n) is 11.9. The fourth-order valence-electron chi connectivity index (χ4n) is 2.40. The lowest BCUT2D eigenvalue weighted by molar-refractivity contribution is -0.0577. The molecule has 0 unspecified atom stereocenters. The second kappa shape index (κ2) is 5.43. The van der Waals surface area contributed by atoms with Gasteiger partial charge in [0.1, 0.15) is 11.5 Å². The van der Waals surface area contributed by atoms with Crippen LogP contribution in [0.5, 0.6) is 0 Å². The van der Waals surface area contributed by atoms with Crippen molar-refractivity contribution in [3.05, 3.63) is 23.2 Å². The summed E-state index contributed by atoms with van der Waals surface area (Å²) < 4.78 is 11.4. The number of ether oxygens (including phenoxy) is 1. The molecule has 1 aromatic heterocycles. The third-order valence-electron chi connectivity index (χ3n) is 3.60. The summed E-state index contributed by atoms with van der Waals surface area (Å²) in [5, 5.41) is 3.16. The molecule has 1 aliphatic rings. The van der Waals surface area contributed by atoms with E-state index in [1.165, 1.54) is 5.56 Å². The van der Waals surface area contributed by atoms with Gasteiger partial charge in [-0.2, -0.15) is 0 Å². The molecule has 2 rings (SSSR count). The van der Waals surface area contributed by atoms with Gasteiger partial charge in [-0.3, -0.25) is 4.90 Å². The lowest BCUT2D eigenvalue weighted by Crippen LogP contribution is -2.52. The molecule has 0 aliphatic carbocycles. The highest BCUT2D eigenvalue weighted by molar-refractivity contribution is 5.20. The van der Waals surface area contributed by atoms with Crippen LogP contribution in [0.3, 0.4) is 0 Å². The summed E-state index contributed by atoms with van der Waals surface area (Å²) in [5.74, 6) is 2.07. The number of nitrogens with zero attached hydrogens (tertiary/aromatic N) is 1. The number of hydrogen-bond acceptors (Lipinski definition) is 4. The molecule has 1 fully saturated rings. The summed E-state index contributed by atoms with van der Waals surface area (Å²) >= 11 is 0. The second-order valence-corrected chi connectivity index (χ2v) is 5.61. The fourth-order valence-corrected chi connectivity index (χ4v) is 2.40. The zero-order valence-corrected chi connectivity index (χ0v) is 11.9. The molecule has 0 radical (unpaired) electrons. The fraction of sp³-hybridized carbons (Fsp3) is 0.714. The minimum absolute atomic E-state index is 0.0854. The van der Waals surface area contributed by atoms with Gasteiger partial charge >= 0.3 is 0 Å². The van der Waals surface area contributed by atoms with E-state index in [0.29, 0.717) is 0 Å². The van der Waals surface area contributed by atoms with Crippen molar-refractivity contribution in [3.63, 3.8) is 0 Å². The maximum Gasteiger partial charge on any atom is 0.118 e. The highest BCUT2D eigenvalue weighted by Gasteiger charge is 2.31. The first-order chi connectivity index (χ1) is 8.53. The van der Waals surface area contributed by atoms with E-state index in [1.807, 2.05) is 14.0 Å². The monoisotopic (exact) mass is 252 g/mol. The maximum absolute atomic E-state index is 5.84. The molecule has 4 nitrogen and oxygen atoms in total. The van der Waals surface area contributed by atoms with Crippen LogP contribution in [-0.4, -0.2) is 37.2 Å². The molecular weight excluding hydrogens is 228 g/mol. The minimum Gasteiger partial charge on any atom is -0.465 e. The van der Waals surface area contributed by atoms with Crippen LogP contribution in [0, 0.1) is 6.92 Å². The summed E-state index contributed by atoms with van der Waals surface area (Å²) in [4.78, 5) is 2.43. The highest BCUT2D eigenvalue weighted by atomic mass is 16.5. The quantitative estimate of drug-likeness (QED) is 0.888. The molecule has 4 heteroatoms. The number of morpholine rings is 1. The molecule has 2 heterocycles. The molecule has 0 spiro atoms. The normalized spacial score (nSPS) is 20.2. The van der Waals surface area contributed by atoms with Crippen molar-refractivity contribution in [1.29, 1.82) is 0 Å². The topological polar surface area (TPSA) is 37.6 Å². The van der Waals surface area contributed by atoms with Gasteiger partial charge in [-0.1, -0.05) is 0 Å². The van der Waals surface area contributed by atoms with Gasteiger partial charge in [0, 0.05) is 24.2 Å². The lowest BCUT2D eigenvalue weighted by Gasteiger charge is -2.41. The third-order valence-corrected chi connectivity index (χ3v) is 3.60. The van der Waals surface area contributed by atoms with Crippen LogP contribution in [0.2, 0.25) is 0 Å². The van der Waals surface area contributed by atoms with Crippen molar-refractivity contribution in [2.24, 2.45) is 0 Å². The van der Waals surface area contributed by atoms with Crippen molar-refractivity contribution in [2.75, 3.05) is 26.8 Å². The Morgan fingerprint density at radius 1 is 1.44 bits per heavy atom. The number of aryl methyl sites for hydroxylation is 1. The molecule has 1 N–H and O–H groups in total. The van der Waals surface area contributed by atoms with E-state index in [0.717, 1.165) is 44.4 Å². The number of furan rings is 1. The second-order valence-electron chi connectivity index (χ2n) is 5.61. The van der Waals surface area contributed by atoms with Crippen LogP contribution >= 0.6 is 0 Å². The van der Waals surface area contributed by atoms with E-state index in [1.54, 1.807) is 0 Å². The van der Waals surface area contributed by atoms with Gasteiger partial charge in [-0.05, 0) is 33.9 Å². The molecule has 0 amide bonds. The highest BCUT2D eigenvalue weighted by Crippen LogP contribution is 2.23. The van der Waals surface area contributed by atoms with Gasteiger partial charge in [-0.25, -0.2) is 0 Å². The summed E-state index contributed by atoms with van der Waals surface area (Å²) in [7, 11) is 1.96. The molecule has 0 aromatic carbocycles. The maximum atomic E-state index is 5.84. The predicted molar refractivity (Wildman–Crippen MR) is 71.5 cm³/mol. The van der Waals surface area contributed by atoms with E-state index < -0.39 is 0 Å². The molecule has 1 saturated heterocycles. The van der Waals surface area contributed by atoms with Crippen LogP contribution in [0.15, 0.2) is 10.5 Å². The van der Waals surface area contributed by atoms with Crippen LogP contribution in [0.1, 0.15) is 30.9 Å². The van der Waals surface area contributed by atoms with Crippen LogP contribution in [-0.2, 0) is 17.8 Å². The summed E-state index contributed by atoms with van der Waals surface area (Å²) in [6.45, 7) is 10.8. The van der Waals surface area contributed by atoms with Crippen LogP contribution < -0.4 is 5.32 Å². The van der Waals surface area contributed by atoms with Crippen molar-refractivity contribution in [2.45, 2.75) is 39.4 Å². The van der Waals surface area contributed by atoms with E-state index in [-0.39, 0.29) is 5.54 Å². The Morgan fingerprint density at radius 2 is 2.22 bits per heavy atom. The molecule has 0 atom stereocenters. The van der Waals surface area contributed by atoms with E-state index in [2.05, 4.69) is 30.1 Å². The third kappa shape index (κ3) is 2.94. The summed E-state index contributed by atoms with van der Waals surface area (Å²) in [5.41, 5.74) is 1.33. The average molecular weight is 252 g/mol. The van der Waals surface area contributed by atoms with E-state index in [9.17, 15) is 0 Å². The first-order valence-electron chi connectivity index (χ1n) is 6.58. The van der Waals surface area contributed by atoms with Gasteiger partial charge in [0.05, 0.1) is 19.8 Å². The largest absolute Gasteiger partial charge is 0.465 e. The van der Waals surface area contributed by atoms with Crippen LogP contribution in [0.4, 0.5) is 0 Å². The van der Waals surface area contributed by atoms with Gasteiger partial charge in [0.2, 0.25) is 0 Å². The molecule has 18 heavy (non-hydrogen) atoms. The Morgan fingerprint density at radius 3 is 2.89 bits per heavy atom. The predicted octanol–water partition coefficient (Wildman–Crippen LogP) is 1.92. The van der Waals surface area contributed by atoms with Gasteiger partial charge < -0.3 is 14.5 Å². The average Bonchev–Trinajstić information content (AvgIpc) is 2.63. The number of rotatable bonds is 4. The molecule has 0 bridgehead atoms. The Hall–Kier alpha value is -0.840. The number of nitrogens with one attached hydrogen (secondary N) is 1. The van der Waals surface area contributed by atoms with Crippen molar-refractivity contribution < 1.29 is 9.15 Å². The molecule has 1 aromatic rings. The zero-order chi connectivity index (χ0) is 13.2. The Bertz CT molecular complexity index is 398. The molecular formula is C14H24N2O2. The van der Waals surface area contributed by atoms with Crippen LogP contribution in [0.25, 0.3) is 0 Å². The summed E-state index contributed by atoms with van der Waals surface area (Å²) in [6.07, 6.45) is 0. The Labute approximate surface area is 109 Å². The number of hydrogen-bond donors (Lipinski definition) is 1. The van der Waals surface area contributed by atoms with Crippen molar-refractivity contribution in [1.82, 2.24) is 10.2 Å².